The number of nitrogens with one attached hydrogen (secondary N) is 2. The maximum absolute atomic E-state index is 15.3. The van der Waals surface area contributed by atoms with E-state index in [2.05, 4.69) is 22.3 Å². The van der Waals surface area contributed by atoms with Gasteiger partial charge in [0, 0.05) is 38.8 Å². The average molecular weight is 518 g/mol. The van der Waals surface area contributed by atoms with E-state index in [1.165, 1.54) is 12.3 Å². The van der Waals surface area contributed by atoms with Crippen LogP contribution in [0.4, 0.5) is 10.1 Å². The van der Waals surface area contributed by atoms with Crippen molar-refractivity contribution in [3.63, 3.8) is 0 Å². The summed E-state index contributed by atoms with van der Waals surface area (Å²) in [5.74, 6) is 0.349. The number of alkyl halides is 1. The lowest BCUT2D eigenvalue weighted by Gasteiger charge is -2.34. The van der Waals surface area contributed by atoms with E-state index < -0.39 is 27.8 Å². The zero-order valence-corrected chi connectivity index (χ0v) is 20.9. The predicted molar refractivity (Wildman–Crippen MR) is 135 cm³/mol. The summed E-state index contributed by atoms with van der Waals surface area (Å²) in [4.78, 5) is 13.3. The van der Waals surface area contributed by atoms with Crippen LogP contribution in [0.25, 0.3) is 6.08 Å². The van der Waals surface area contributed by atoms with E-state index >= 15 is 4.39 Å². The van der Waals surface area contributed by atoms with Crippen molar-refractivity contribution in [2.45, 2.75) is 42.4 Å². The fraction of sp³-hybridized carbons (Fsp3) is 0.520. The van der Waals surface area contributed by atoms with Gasteiger partial charge in [-0.05, 0) is 42.9 Å². The van der Waals surface area contributed by atoms with Crippen LogP contribution in [0.3, 0.4) is 0 Å². The van der Waals surface area contributed by atoms with Crippen LogP contribution in [0.15, 0.2) is 46.7 Å². The maximum Gasteiger partial charge on any atom is 0.276 e. The first-order chi connectivity index (χ1) is 17.4. The Hall–Kier alpha value is -2.60. The van der Waals surface area contributed by atoms with Gasteiger partial charge in [-0.3, -0.25) is 4.79 Å². The van der Waals surface area contributed by atoms with Gasteiger partial charge in [-0.2, -0.15) is 9.40 Å². The number of benzene rings is 1. The van der Waals surface area contributed by atoms with Crippen LogP contribution in [0, 0.1) is 5.92 Å². The Bertz CT molecular complexity index is 1260. The zero-order chi connectivity index (χ0) is 25.3. The second-order valence-corrected chi connectivity index (χ2v) is 11.6. The highest BCUT2D eigenvalue weighted by Gasteiger charge is 2.38. The lowest BCUT2D eigenvalue weighted by Crippen LogP contribution is -2.48. The number of rotatable bonds is 8. The van der Waals surface area contributed by atoms with E-state index in [1.807, 2.05) is 0 Å². The molecule has 0 aliphatic carbocycles. The third-order valence-corrected chi connectivity index (χ3v) is 9.07. The van der Waals surface area contributed by atoms with E-state index in [-0.39, 0.29) is 30.4 Å². The van der Waals surface area contributed by atoms with Gasteiger partial charge in [0.1, 0.15) is 6.17 Å². The molecule has 11 heteroatoms. The molecule has 1 unspecified atom stereocenters. The second kappa shape index (κ2) is 10.4. The highest BCUT2D eigenvalue weighted by atomic mass is 32.2. The molecule has 4 heterocycles. The minimum atomic E-state index is -3.84. The van der Waals surface area contributed by atoms with E-state index in [0.29, 0.717) is 30.3 Å². The molecule has 5 rings (SSSR count). The van der Waals surface area contributed by atoms with E-state index in [0.717, 1.165) is 40.5 Å². The van der Waals surface area contributed by atoms with Crippen LogP contribution < -0.4 is 16.2 Å². The van der Waals surface area contributed by atoms with Gasteiger partial charge in [0.2, 0.25) is 10.0 Å². The van der Waals surface area contributed by atoms with Crippen molar-refractivity contribution >= 4 is 21.8 Å². The van der Waals surface area contributed by atoms with Crippen LogP contribution in [-0.4, -0.2) is 68.1 Å². The zero-order valence-electron chi connectivity index (χ0n) is 20.1. The molecule has 0 bridgehead atoms. The molecule has 0 amide bonds. The Kier molecular flexibility index (Phi) is 7.25. The van der Waals surface area contributed by atoms with Crippen LogP contribution in [0.5, 0.6) is 0 Å². The number of sulfonamides is 1. The van der Waals surface area contributed by atoms with Crippen LogP contribution >= 0.6 is 0 Å². The normalized spacial score (nSPS) is 26.9. The summed E-state index contributed by atoms with van der Waals surface area (Å²) in [7, 11) is -3.84. The topological polar surface area (TPSA) is 115 Å². The summed E-state index contributed by atoms with van der Waals surface area (Å²) in [5.41, 5.74) is 1.47. The van der Waals surface area contributed by atoms with Crippen molar-refractivity contribution in [1.29, 1.82) is 0 Å². The smallest absolute Gasteiger partial charge is 0.276 e. The number of hydrogen-bond acceptors (Lipinski definition) is 7. The minimum Gasteiger partial charge on any atom is -0.383 e. The number of piperidine rings is 1. The van der Waals surface area contributed by atoms with Crippen molar-refractivity contribution in [2.75, 3.05) is 44.7 Å². The molecule has 2 aromatic rings. The molecule has 3 aliphatic rings. The number of anilines is 1. The lowest BCUT2D eigenvalue weighted by molar-refractivity contribution is 0.0595. The molecule has 0 spiro atoms. The molecule has 194 valence electrons. The van der Waals surface area contributed by atoms with Crippen molar-refractivity contribution in [3.8, 4) is 0 Å². The largest absolute Gasteiger partial charge is 0.383 e. The summed E-state index contributed by atoms with van der Waals surface area (Å²) >= 11 is 0. The van der Waals surface area contributed by atoms with E-state index in [4.69, 9.17) is 4.74 Å². The summed E-state index contributed by atoms with van der Waals surface area (Å²) in [6, 6.07) is 6.13. The summed E-state index contributed by atoms with van der Waals surface area (Å²) < 4.78 is 49.4. The molecule has 3 saturated heterocycles. The SMILES string of the molecule is C=Cc1c(NC[C@@H]2CCCOC2)cnn([C@H]2CCN(S(=O)(=O)c3ccc(C4CN4)cc3)C[C@@H]2F)c1=O. The number of hydrogen-bond donors (Lipinski definition) is 2. The molecule has 9 nitrogen and oxygen atoms in total. The molecule has 4 atom stereocenters. The van der Waals surface area contributed by atoms with E-state index in [9.17, 15) is 13.2 Å². The van der Waals surface area contributed by atoms with Gasteiger partial charge in [0.25, 0.3) is 5.56 Å². The Labute approximate surface area is 210 Å². The molecular formula is C25H32FN5O4S. The van der Waals surface area contributed by atoms with Crippen molar-refractivity contribution in [1.82, 2.24) is 19.4 Å². The van der Waals surface area contributed by atoms with Gasteiger partial charge in [0.15, 0.2) is 0 Å². The standard InChI is InChI=1S/C25H32FN5O4S/c1-2-20-23(27-12-17-4-3-11-35-16-17)14-29-31(25(20)32)24-9-10-30(15-21(24)26)36(33,34)19-7-5-18(6-8-19)22-13-28-22/h2,5-8,14,17,21-22,24,27-28H,1,3-4,9-13,15-16H2/t17-,21-,22?,24-/m0/s1. The van der Waals surface area contributed by atoms with Gasteiger partial charge in [0.05, 0.1) is 35.0 Å². The summed E-state index contributed by atoms with van der Waals surface area (Å²) in [6.07, 6.45) is 3.59. The molecule has 0 radical (unpaired) electrons. The average Bonchev–Trinajstić information content (AvgIpc) is 3.74. The highest BCUT2D eigenvalue weighted by molar-refractivity contribution is 7.89. The van der Waals surface area contributed by atoms with Gasteiger partial charge in [-0.1, -0.05) is 24.8 Å². The fourth-order valence-electron chi connectivity index (χ4n) is 4.95. The molecule has 2 N–H and O–H groups in total. The minimum absolute atomic E-state index is 0.0958. The number of aromatic nitrogens is 2. The Morgan fingerprint density at radius 2 is 2.06 bits per heavy atom. The predicted octanol–water partition coefficient (Wildman–Crippen LogP) is 2.34. The van der Waals surface area contributed by atoms with Crippen LogP contribution in [0.2, 0.25) is 0 Å². The Morgan fingerprint density at radius 3 is 2.69 bits per heavy atom. The maximum atomic E-state index is 15.3. The molecule has 36 heavy (non-hydrogen) atoms. The highest BCUT2D eigenvalue weighted by Crippen LogP contribution is 2.30. The molecular weight excluding hydrogens is 485 g/mol. The van der Waals surface area contributed by atoms with Crippen molar-refractivity contribution in [3.05, 3.63) is 58.5 Å². The molecule has 1 aromatic heterocycles. The van der Waals surface area contributed by atoms with Crippen LogP contribution in [0.1, 0.15) is 42.5 Å². The van der Waals surface area contributed by atoms with Crippen molar-refractivity contribution < 1.29 is 17.5 Å². The van der Waals surface area contributed by atoms with Gasteiger partial charge >= 0.3 is 0 Å². The third-order valence-electron chi connectivity index (χ3n) is 7.19. The van der Waals surface area contributed by atoms with Gasteiger partial charge in [-0.15, -0.1) is 0 Å². The monoisotopic (exact) mass is 517 g/mol. The number of halogens is 1. The number of nitrogens with zero attached hydrogens (tertiary/aromatic N) is 3. The van der Waals surface area contributed by atoms with Gasteiger partial charge < -0.3 is 15.4 Å². The first-order valence-corrected chi connectivity index (χ1v) is 13.9. The molecule has 3 aliphatic heterocycles. The number of ether oxygens (including phenoxy) is 1. The van der Waals surface area contributed by atoms with Crippen molar-refractivity contribution in [2.24, 2.45) is 5.92 Å². The van der Waals surface area contributed by atoms with E-state index in [1.54, 1.807) is 24.3 Å². The molecule has 3 fully saturated rings. The summed E-state index contributed by atoms with van der Waals surface area (Å²) in [5, 5.41) is 10.7. The van der Waals surface area contributed by atoms with Gasteiger partial charge in [-0.25, -0.2) is 17.5 Å². The first-order valence-electron chi connectivity index (χ1n) is 12.4. The fourth-order valence-corrected chi connectivity index (χ4v) is 6.41. The second-order valence-electron chi connectivity index (χ2n) is 9.65. The molecule has 1 aromatic carbocycles. The summed E-state index contributed by atoms with van der Waals surface area (Å²) in [6.45, 7) is 6.50. The Balaban J connectivity index is 1.28. The molecule has 0 saturated carbocycles. The first kappa shape index (κ1) is 25.1. The Morgan fingerprint density at radius 1 is 1.28 bits per heavy atom. The lowest BCUT2D eigenvalue weighted by atomic mass is 10.0. The third kappa shape index (κ3) is 5.10. The quantitative estimate of drug-likeness (QED) is 0.517. The van der Waals surface area contributed by atoms with Crippen LogP contribution in [-0.2, 0) is 14.8 Å².